The van der Waals surface area contributed by atoms with Gasteiger partial charge in [-0.05, 0) is 61.9 Å². The topological polar surface area (TPSA) is 140 Å². The highest BCUT2D eigenvalue weighted by molar-refractivity contribution is 7.87. The second kappa shape index (κ2) is 11.1. The SMILES string of the molecule is CCOC(=O)C(=Cc1ccc(OS(=O)(=O)c2ccc(OON)cc2)cc1)C(=O)OCC. The molecular weight excluding hydrogens is 430 g/mol. The summed E-state index contributed by atoms with van der Waals surface area (Å²) in [4.78, 5) is 32.5. The number of hydrogen-bond acceptors (Lipinski definition) is 10. The maximum atomic E-state index is 12.4. The monoisotopic (exact) mass is 451 g/mol. The number of esters is 2. The van der Waals surface area contributed by atoms with Crippen LogP contribution in [-0.2, 0) is 34.2 Å². The standard InChI is InChI=1S/C20H21NO9S/c1-3-26-19(22)18(20(23)27-4-2)13-14-5-7-16(8-6-14)29-31(24,25)17-11-9-15(10-12-17)28-30-21/h5-13H,3-4,21H2,1-2H3. The zero-order valence-corrected chi connectivity index (χ0v) is 17.6. The Morgan fingerprint density at radius 2 is 1.39 bits per heavy atom. The molecule has 0 bridgehead atoms. The summed E-state index contributed by atoms with van der Waals surface area (Å²) in [7, 11) is -4.11. The van der Waals surface area contributed by atoms with Gasteiger partial charge >= 0.3 is 22.1 Å². The molecule has 0 aliphatic heterocycles. The summed E-state index contributed by atoms with van der Waals surface area (Å²) in [6, 6.07) is 10.9. The van der Waals surface area contributed by atoms with E-state index in [-0.39, 0.29) is 35.2 Å². The molecule has 0 aromatic heterocycles. The maximum absolute atomic E-state index is 12.4. The van der Waals surface area contributed by atoms with Crippen LogP contribution in [0.1, 0.15) is 19.4 Å². The number of hydrogen-bond donors (Lipinski definition) is 1. The van der Waals surface area contributed by atoms with Gasteiger partial charge in [0.15, 0.2) is 5.75 Å². The molecule has 166 valence electrons. The highest BCUT2D eigenvalue weighted by Crippen LogP contribution is 2.22. The van der Waals surface area contributed by atoms with E-state index in [9.17, 15) is 18.0 Å². The Labute approximate surface area is 179 Å². The summed E-state index contributed by atoms with van der Waals surface area (Å²) in [5.74, 6) is 3.36. The number of rotatable bonds is 10. The van der Waals surface area contributed by atoms with Gasteiger partial charge in [0.2, 0.25) is 0 Å². The van der Waals surface area contributed by atoms with Gasteiger partial charge in [0.05, 0.1) is 13.2 Å². The van der Waals surface area contributed by atoms with E-state index in [1.807, 2.05) is 0 Å². The molecule has 2 rings (SSSR count). The first kappa shape index (κ1) is 23.9. The summed E-state index contributed by atoms with van der Waals surface area (Å²) in [6.45, 7) is 3.40. The zero-order chi connectivity index (χ0) is 22.9. The molecule has 0 amide bonds. The van der Waals surface area contributed by atoms with Crippen LogP contribution in [0, 0.1) is 0 Å². The van der Waals surface area contributed by atoms with Gasteiger partial charge in [-0.15, -0.1) is 0 Å². The van der Waals surface area contributed by atoms with E-state index in [1.54, 1.807) is 13.8 Å². The second-order valence-electron chi connectivity index (χ2n) is 5.76. The number of nitrogens with two attached hydrogens (primary N) is 1. The minimum atomic E-state index is -4.11. The molecule has 0 unspecified atom stereocenters. The van der Waals surface area contributed by atoms with Gasteiger partial charge in [-0.2, -0.15) is 14.3 Å². The van der Waals surface area contributed by atoms with Crippen molar-refractivity contribution in [2.24, 2.45) is 5.90 Å². The van der Waals surface area contributed by atoms with Gasteiger partial charge in [-0.25, -0.2) is 9.59 Å². The van der Waals surface area contributed by atoms with Gasteiger partial charge in [-0.1, -0.05) is 17.1 Å². The smallest absolute Gasteiger partial charge is 0.345 e. The molecule has 2 N–H and O–H groups in total. The lowest BCUT2D eigenvalue weighted by atomic mass is 10.1. The van der Waals surface area contributed by atoms with Crippen molar-refractivity contribution in [2.75, 3.05) is 13.2 Å². The minimum absolute atomic E-state index is 0.0246. The third-order valence-electron chi connectivity index (χ3n) is 3.64. The summed E-state index contributed by atoms with van der Waals surface area (Å²) < 4.78 is 39.6. The predicted octanol–water partition coefficient (Wildman–Crippen LogP) is 2.15. The van der Waals surface area contributed by atoms with E-state index in [4.69, 9.17) is 19.6 Å². The van der Waals surface area contributed by atoms with Gasteiger partial charge in [-0.3, -0.25) is 0 Å². The van der Waals surface area contributed by atoms with E-state index < -0.39 is 22.1 Å². The maximum Gasteiger partial charge on any atom is 0.345 e. The molecule has 0 aliphatic rings. The van der Waals surface area contributed by atoms with Gasteiger partial charge in [0, 0.05) is 0 Å². The molecular formula is C20H21NO9S. The van der Waals surface area contributed by atoms with Crippen LogP contribution in [0.2, 0.25) is 0 Å². The quantitative estimate of drug-likeness (QED) is 0.109. The van der Waals surface area contributed by atoms with Crippen molar-refractivity contribution in [3.8, 4) is 11.5 Å². The lowest BCUT2D eigenvalue weighted by Crippen LogP contribution is -2.18. The van der Waals surface area contributed by atoms with E-state index in [0.29, 0.717) is 5.56 Å². The molecule has 0 fully saturated rings. The van der Waals surface area contributed by atoms with Crippen molar-refractivity contribution in [2.45, 2.75) is 18.7 Å². The first-order chi connectivity index (χ1) is 14.8. The third-order valence-corrected chi connectivity index (χ3v) is 4.91. The van der Waals surface area contributed by atoms with E-state index in [2.05, 4.69) is 9.88 Å². The summed E-state index contributed by atoms with van der Waals surface area (Å²) in [6.07, 6.45) is 1.28. The fourth-order valence-corrected chi connectivity index (χ4v) is 3.23. The zero-order valence-electron chi connectivity index (χ0n) is 16.8. The van der Waals surface area contributed by atoms with E-state index >= 15 is 0 Å². The van der Waals surface area contributed by atoms with E-state index in [1.165, 1.54) is 54.6 Å². The van der Waals surface area contributed by atoms with Crippen molar-refractivity contribution in [3.05, 3.63) is 59.7 Å². The van der Waals surface area contributed by atoms with Gasteiger partial charge < -0.3 is 18.5 Å². The van der Waals surface area contributed by atoms with Crippen LogP contribution in [-0.4, -0.2) is 33.6 Å². The average molecular weight is 451 g/mol. The highest BCUT2D eigenvalue weighted by Gasteiger charge is 2.21. The van der Waals surface area contributed by atoms with Crippen LogP contribution in [0.15, 0.2) is 59.0 Å². The average Bonchev–Trinajstić information content (AvgIpc) is 2.74. The molecule has 10 nitrogen and oxygen atoms in total. The van der Waals surface area contributed by atoms with Crippen molar-refractivity contribution >= 4 is 28.1 Å². The number of carbonyl (C=O) groups excluding carboxylic acids is 2. The van der Waals surface area contributed by atoms with Crippen LogP contribution in [0.25, 0.3) is 6.08 Å². The Morgan fingerprint density at radius 3 is 1.87 bits per heavy atom. The molecule has 2 aromatic carbocycles. The minimum Gasteiger partial charge on any atom is -0.462 e. The molecule has 0 saturated heterocycles. The highest BCUT2D eigenvalue weighted by atomic mass is 32.2. The Kier molecular flexibility index (Phi) is 8.55. The summed E-state index contributed by atoms with van der Waals surface area (Å²) >= 11 is 0. The molecule has 31 heavy (non-hydrogen) atoms. The van der Waals surface area contributed by atoms with Crippen LogP contribution < -0.4 is 15.0 Å². The summed E-state index contributed by atoms with van der Waals surface area (Å²) in [5.41, 5.74) is 0.151. The fraction of sp³-hybridized carbons (Fsp3) is 0.200. The van der Waals surface area contributed by atoms with Gasteiger partial charge in [0.25, 0.3) is 0 Å². The third kappa shape index (κ3) is 6.81. The first-order valence-corrected chi connectivity index (χ1v) is 10.5. The molecule has 2 aromatic rings. The lowest BCUT2D eigenvalue weighted by molar-refractivity contribution is -0.211. The first-order valence-electron chi connectivity index (χ1n) is 9.04. The van der Waals surface area contributed by atoms with Crippen LogP contribution in [0.3, 0.4) is 0 Å². The van der Waals surface area contributed by atoms with Crippen molar-refractivity contribution < 1.29 is 41.5 Å². The normalized spacial score (nSPS) is 10.7. The lowest BCUT2D eigenvalue weighted by Gasteiger charge is -2.09. The van der Waals surface area contributed by atoms with E-state index in [0.717, 1.165) is 0 Å². The number of benzene rings is 2. The largest absolute Gasteiger partial charge is 0.462 e. The van der Waals surface area contributed by atoms with Crippen LogP contribution in [0.4, 0.5) is 0 Å². The molecule has 0 aliphatic carbocycles. The molecule has 0 heterocycles. The predicted molar refractivity (Wildman–Crippen MR) is 108 cm³/mol. The van der Waals surface area contributed by atoms with Crippen LogP contribution >= 0.6 is 0 Å². The summed E-state index contributed by atoms with van der Waals surface area (Å²) in [5, 5.41) is 0. The molecule has 0 radical (unpaired) electrons. The van der Waals surface area contributed by atoms with Gasteiger partial charge in [0.1, 0.15) is 16.2 Å². The van der Waals surface area contributed by atoms with Crippen molar-refractivity contribution in [1.29, 1.82) is 0 Å². The molecule has 0 spiro atoms. The van der Waals surface area contributed by atoms with Crippen molar-refractivity contribution in [1.82, 2.24) is 0 Å². The van der Waals surface area contributed by atoms with Crippen molar-refractivity contribution in [3.63, 3.8) is 0 Å². The second-order valence-corrected chi connectivity index (χ2v) is 7.30. The fourth-order valence-electron chi connectivity index (χ4n) is 2.30. The Balaban J connectivity index is 2.20. The Bertz CT molecular complexity index is 1010. The number of carbonyl (C=O) groups is 2. The molecule has 11 heteroatoms. The molecule has 0 saturated carbocycles. The van der Waals surface area contributed by atoms with Crippen LogP contribution in [0.5, 0.6) is 11.5 Å². The Morgan fingerprint density at radius 1 is 0.871 bits per heavy atom. The number of ether oxygens (including phenoxy) is 2. The Hall–Kier alpha value is -3.41. The molecule has 0 atom stereocenters.